The van der Waals surface area contributed by atoms with Gasteiger partial charge in [-0.1, -0.05) is 48.6 Å². The van der Waals surface area contributed by atoms with Crippen LogP contribution in [0.1, 0.15) is 23.3 Å². The maximum atomic E-state index is 6.09. The number of hydrogen-bond donors (Lipinski definition) is 2. The number of ether oxygens (including phenoxy) is 1. The third kappa shape index (κ3) is 3.33. The summed E-state index contributed by atoms with van der Waals surface area (Å²) in [6.07, 6.45) is 2.80. The van der Waals surface area contributed by atoms with E-state index in [9.17, 15) is 0 Å². The van der Waals surface area contributed by atoms with Crippen LogP contribution in [-0.4, -0.2) is 0 Å². The van der Waals surface area contributed by atoms with Crippen LogP contribution in [0.3, 0.4) is 0 Å². The van der Waals surface area contributed by atoms with Crippen LogP contribution in [0.2, 0.25) is 0 Å². The zero-order chi connectivity index (χ0) is 15.2. The summed E-state index contributed by atoms with van der Waals surface area (Å²) in [6, 6.07) is 15.2. The van der Waals surface area contributed by atoms with Gasteiger partial charge in [-0.25, -0.2) is 0 Å². The Bertz CT molecular complexity index is 581. The Morgan fingerprint density at radius 1 is 0.762 bits per heavy atom. The van der Waals surface area contributed by atoms with E-state index in [1.807, 2.05) is 48.5 Å². The predicted molar refractivity (Wildman–Crippen MR) is 88.7 cm³/mol. The molecule has 0 spiro atoms. The smallest absolute Gasteiger partial charge is 0.104 e. The highest BCUT2D eigenvalue weighted by Gasteiger charge is 2.18. The van der Waals surface area contributed by atoms with Crippen LogP contribution in [0.4, 0.5) is 11.4 Å². The van der Waals surface area contributed by atoms with E-state index in [4.69, 9.17) is 16.2 Å². The highest BCUT2D eigenvalue weighted by atomic mass is 16.5. The summed E-state index contributed by atoms with van der Waals surface area (Å²) in [4.78, 5) is 0. The Morgan fingerprint density at radius 3 is 1.48 bits per heavy atom. The van der Waals surface area contributed by atoms with E-state index in [2.05, 4.69) is 13.2 Å². The SMILES string of the molecule is C=CC(OC(C=C)c1ccccc1N)c1ccccc1N. The molecule has 0 radical (unpaired) electrons. The quantitative estimate of drug-likeness (QED) is 0.620. The number of nitrogens with two attached hydrogens (primary N) is 2. The van der Waals surface area contributed by atoms with Gasteiger partial charge in [-0.15, -0.1) is 13.2 Å². The van der Waals surface area contributed by atoms with Gasteiger partial charge in [0, 0.05) is 22.5 Å². The highest BCUT2D eigenvalue weighted by molar-refractivity contribution is 5.50. The normalized spacial score (nSPS) is 13.3. The zero-order valence-corrected chi connectivity index (χ0v) is 11.9. The molecule has 0 aromatic heterocycles. The van der Waals surface area contributed by atoms with Gasteiger partial charge in [0.2, 0.25) is 0 Å². The molecule has 0 saturated carbocycles. The molecule has 2 atom stereocenters. The third-order valence-corrected chi connectivity index (χ3v) is 3.33. The van der Waals surface area contributed by atoms with E-state index in [1.54, 1.807) is 12.2 Å². The molecule has 0 bridgehead atoms. The van der Waals surface area contributed by atoms with Crippen LogP contribution in [0, 0.1) is 0 Å². The molecule has 4 N–H and O–H groups in total. The van der Waals surface area contributed by atoms with Gasteiger partial charge >= 0.3 is 0 Å². The van der Waals surface area contributed by atoms with Crippen molar-refractivity contribution in [3.8, 4) is 0 Å². The van der Waals surface area contributed by atoms with Gasteiger partial charge in [0.1, 0.15) is 12.2 Å². The summed E-state index contributed by atoms with van der Waals surface area (Å²) in [7, 11) is 0. The minimum atomic E-state index is -0.325. The van der Waals surface area contributed by atoms with Gasteiger partial charge in [-0.05, 0) is 12.1 Å². The lowest BCUT2D eigenvalue weighted by Crippen LogP contribution is -2.10. The minimum absolute atomic E-state index is 0.325. The first-order valence-corrected chi connectivity index (χ1v) is 6.76. The van der Waals surface area contributed by atoms with Crippen molar-refractivity contribution in [2.75, 3.05) is 11.5 Å². The second-order valence-electron chi connectivity index (χ2n) is 4.71. The van der Waals surface area contributed by atoms with E-state index in [0.29, 0.717) is 11.4 Å². The Morgan fingerprint density at radius 2 is 1.14 bits per heavy atom. The Balaban J connectivity index is 2.29. The molecule has 2 rings (SSSR count). The Hall–Kier alpha value is -2.52. The van der Waals surface area contributed by atoms with Crippen molar-refractivity contribution in [2.45, 2.75) is 12.2 Å². The summed E-state index contributed by atoms with van der Waals surface area (Å²) >= 11 is 0. The van der Waals surface area contributed by atoms with Gasteiger partial charge in [-0.3, -0.25) is 0 Å². The number of hydrogen-bond acceptors (Lipinski definition) is 3. The number of para-hydroxylation sites is 2. The first kappa shape index (κ1) is 14.9. The van der Waals surface area contributed by atoms with Crippen molar-refractivity contribution in [1.29, 1.82) is 0 Å². The summed E-state index contributed by atoms with van der Waals surface area (Å²) in [6.45, 7) is 7.67. The van der Waals surface area contributed by atoms with Crippen LogP contribution < -0.4 is 11.5 Å². The van der Waals surface area contributed by atoms with E-state index in [-0.39, 0.29) is 12.2 Å². The molecule has 0 saturated heterocycles. The second-order valence-corrected chi connectivity index (χ2v) is 4.71. The first-order valence-electron chi connectivity index (χ1n) is 6.76. The van der Waals surface area contributed by atoms with Crippen molar-refractivity contribution >= 4 is 11.4 Å². The molecule has 2 unspecified atom stereocenters. The first-order chi connectivity index (χ1) is 10.2. The molecular formula is C18H20N2O. The summed E-state index contributed by atoms with van der Waals surface area (Å²) in [5.41, 5.74) is 15.1. The molecule has 108 valence electrons. The molecule has 0 aliphatic rings. The topological polar surface area (TPSA) is 61.3 Å². The average Bonchev–Trinajstić information content (AvgIpc) is 2.51. The molecule has 0 aliphatic heterocycles. The average molecular weight is 280 g/mol. The van der Waals surface area contributed by atoms with Gasteiger partial charge in [-0.2, -0.15) is 0 Å². The fourth-order valence-electron chi connectivity index (χ4n) is 2.21. The number of benzene rings is 2. The van der Waals surface area contributed by atoms with E-state index in [1.165, 1.54) is 0 Å². The van der Waals surface area contributed by atoms with Crippen LogP contribution in [-0.2, 0) is 4.74 Å². The van der Waals surface area contributed by atoms with Gasteiger partial charge < -0.3 is 16.2 Å². The summed E-state index contributed by atoms with van der Waals surface area (Å²) in [5, 5.41) is 0. The standard InChI is InChI=1S/C18H20N2O/c1-3-17(13-9-5-7-11-15(13)19)21-18(4-2)14-10-6-8-12-16(14)20/h3-12,17-18H,1-2,19-20H2. The fourth-order valence-corrected chi connectivity index (χ4v) is 2.21. The largest absolute Gasteiger partial charge is 0.398 e. The second kappa shape index (κ2) is 6.77. The van der Waals surface area contributed by atoms with E-state index < -0.39 is 0 Å². The maximum Gasteiger partial charge on any atom is 0.104 e. The maximum absolute atomic E-state index is 6.09. The number of anilines is 2. The van der Waals surface area contributed by atoms with Crippen molar-refractivity contribution < 1.29 is 4.74 Å². The lowest BCUT2D eigenvalue weighted by Gasteiger charge is -2.23. The van der Waals surface area contributed by atoms with Crippen molar-refractivity contribution in [2.24, 2.45) is 0 Å². The van der Waals surface area contributed by atoms with Gasteiger partial charge in [0.15, 0.2) is 0 Å². The summed E-state index contributed by atoms with van der Waals surface area (Å²) < 4.78 is 6.09. The summed E-state index contributed by atoms with van der Waals surface area (Å²) in [5.74, 6) is 0. The number of nitrogen functional groups attached to an aromatic ring is 2. The predicted octanol–water partition coefficient (Wildman–Crippen LogP) is 4.02. The molecule has 0 heterocycles. The molecule has 2 aromatic carbocycles. The van der Waals surface area contributed by atoms with Gasteiger partial charge in [0.25, 0.3) is 0 Å². The molecule has 3 nitrogen and oxygen atoms in total. The molecule has 0 amide bonds. The lowest BCUT2D eigenvalue weighted by molar-refractivity contribution is 0.0411. The van der Waals surface area contributed by atoms with Crippen LogP contribution >= 0.6 is 0 Å². The molecular weight excluding hydrogens is 260 g/mol. The minimum Gasteiger partial charge on any atom is -0.398 e. The van der Waals surface area contributed by atoms with Crippen LogP contribution in [0.25, 0.3) is 0 Å². The van der Waals surface area contributed by atoms with Crippen molar-refractivity contribution in [3.05, 3.63) is 85.0 Å². The monoisotopic (exact) mass is 280 g/mol. The molecule has 0 aliphatic carbocycles. The third-order valence-electron chi connectivity index (χ3n) is 3.33. The van der Waals surface area contributed by atoms with E-state index in [0.717, 1.165) is 11.1 Å². The molecule has 2 aromatic rings. The zero-order valence-electron chi connectivity index (χ0n) is 11.9. The van der Waals surface area contributed by atoms with Crippen LogP contribution in [0.15, 0.2) is 73.8 Å². The van der Waals surface area contributed by atoms with Crippen molar-refractivity contribution in [3.63, 3.8) is 0 Å². The van der Waals surface area contributed by atoms with Gasteiger partial charge in [0.05, 0.1) is 0 Å². The lowest BCUT2D eigenvalue weighted by atomic mass is 10.0. The highest BCUT2D eigenvalue weighted by Crippen LogP contribution is 2.33. The fraction of sp³-hybridized carbons (Fsp3) is 0.111. The van der Waals surface area contributed by atoms with Crippen molar-refractivity contribution in [1.82, 2.24) is 0 Å². The molecule has 3 heteroatoms. The van der Waals surface area contributed by atoms with Crippen LogP contribution in [0.5, 0.6) is 0 Å². The molecule has 21 heavy (non-hydrogen) atoms. The van der Waals surface area contributed by atoms with E-state index >= 15 is 0 Å². The Kier molecular flexibility index (Phi) is 4.80. The number of rotatable bonds is 6. The molecule has 0 fully saturated rings. The Labute approximate surface area is 125 Å².